The minimum absolute atomic E-state index is 0.0232. The normalized spacial score (nSPS) is 24.6. The molecule has 2 fully saturated rings. The fraction of sp³-hybridized carbons (Fsp3) is 0.476. The summed E-state index contributed by atoms with van der Waals surface area (Å²) in [5.41, 5.74) is 1.81. The molecule has 1 amide bonds. The number of nitrogens with zero attached hydrogens (tertiary/aromatic N) is 4. The minimum atomic E-state index is -1.11. The molecule has 29 heavy (non-hydrogen) atoms. The summed E-state index contributed by atoms with van der Waals surface area (Å²) in [6.07, 6.45) is 1.65. The lowest BCUT2D eigenvalue weighted by Gasteiger charge is -2.23. The molecule has 3 heterocycles. The number of likely N-dealkylation sites (tertiary alicyclic amines) is 2. The van der Waals surface area contributed by atoms with Gasteiger partial charge in [0.2, 0.25) is 5.91 Å². The number of methoxy groups -OCH3 is 1. The molecule has 0 radical (unpaired) electrons. The van der Waals surface area contributed by atoms with Gasteiger partial charge in [0.25, 0.3) is 0 Å². The molecule has 0 spiro atoms. The van der Waals surface area contributed by atoms with Gasteiger partial charge in [-0.05, 0) is 18.6 Å². The van der Waals surface area contributed by atoms with Gasteiger partial charge in [-0.3, -0.25) is 14.7 Å². The molecule has 1 unspecified atom stereocenters. The molecule has 1 N–H and O–H groups in total. The Bertz CT molecular complexity index is 946. The first-order chi connectivity index (χ1) is 14.1. The fourth-order valence-corrected chi connectivity index (χ4v) is 4.17. The first-order valence-electron chi connectivity index (χ1n) is 9.82. The lowest BCUT2D eigenvalue weighted by molar-refractivity contribution is -0.132. The second-order valence-electron chi connectivity index (χ2n) is 7.63. The molecule has 152 valence electrons. The number of amides is 1. The Kier molecular flexibility index (Phi) is 5.49. The molecule has 1 aromatic carbocycles. The minimum Gasteiger partial charge on any atom is -0.497 e. The van der Waals surface area contributed by atoms with E-state index in [9.17, 15) is 9.18 Å². The van der Waals surface area contributed by atoms with Gasteiger partial charge < -0.3 is 15.0 Å². The molecule has 3 atom stereocenters. The first-order valence-corrected chi connectivity index (χ1v) is 9.82. The van der Waals surface area contributed by atoms with Gasteiger partial charge in [-0.1, -0.05) is 0 Å². The number of rotatable bonds is 5. The molecule has 8 heteroatoms. The van der Waals surface area contributed by atoms with Crippen LogP contribution in [0.25, 0.3) is 10.9 Å². The average molecular weight is 397 g/mol. The topological polar surface area (TPSA) is 81.5 Å². The molecule has 2 aliphatic rings. The van der Waals surface area contributed by atoms with Crippen molar-refractivity contribution in [2.75, 3.05) is 38.6 Å². The summed E-state index contributed by atoms with van der Waals surface area (Å²) < 4.78 is 19.0. The van der Waals surface area contributed by atoms with E-state index in [0.717, 1.165) is 35.3 Å². The predicted octanol–water partition coefficient (Wildman–Crippen LogP) is 2.19. The zero-order chi connectivity index (χ0) is 20.4. The number of carbonyl (C=O) groups excluding carboxylic acids is 1. The van der Waals surface area contributed by atoms with Gasteiger partial charge in [0, 0.05) is 55.0 Å². The van der Waals surface area contributed by atoms with Crippen molar-refractivity contribution in [3.63, 3.8) is 0 Å². The van der Waals surface area contributed by atoms with Crippen molar-refractivity contribution in [3.8, 4) is 11.8 Å². The van der Waals surface area contributed by atoms with Crippen LogP contribution in [-0.4, -0.2) is 72.2 Å². The number of hydrogen-bond acceptors (Lipinski definition) is 6. The van der Waals surface area contributed by atoms with Crippen molar-refractivity contribution in [3.05, 3.63) is 30.5 Å². The molecular formula is C21H24FN5O2. The van der Waals surface area contributed by atoms with Crippen molar-refractivity contribution in [2.24, 2.45) is 0 Å². The maximum atomic E-state index is 13.6. The summed E-state index contributed by atoms with van der Waals surface area (Å²) in [5.74, 6) is 0.564. The average Bonchev–Trinajstić information content (AvgIpc) is 3.33. The molecule has 1 aromatic heterocycles. The van der Waals surface area contributed by atoms with E-state index in [1.165, 1.54) is 4.90 Å². The third kappa shape index (κ3) is 4.10. The Morgan fingerprint density at radius 2 is 2.31 bits per heavy atom. The predicted molar refractivity (Wildman–Crippen MR) is 107 cm³/mol. The number of hydrogen-bond donors (Lipinski definition) is 1. The highest BCUT2D eigenvalue weighted by Gasteiger charge is 2.36. The van der Waals surface area contributed by atoms with E-state index < -0.39 is 12.2 Å². The van der Waals surface area contributed by atoms with Crippen LogP contribution in [0.2, 0.25) is 0 Å². The molecule has 2 aromatic rings. The highest BCUT2D eigenvalue weighted by atomic mass is 19.1. The van der Waals surface area contributed by atoms with Gasteiger partial charge >= 0.3 is 0 Å². The van der Waals surface area contributed by atoms with Crippen LogP contribution < -0.4 is 10.1 Å². The highest BCUT2D eigenvalue weighted by molar-refractivity contribution is 5.92. The van der Waals surface area contributed by atoms with E-state index in [4.69, 9.17) is 10.00 Å². The highest BCUT2D eigenvalue weighted by Crippen LogP contribution is 2.29. The van der Waals surface area contributed by atoms with Gasteiger partial charge in [-0.25, -0.2) is 4.39 Å². The van der Waals surface area contributed by atoms with E-state index in [1.54, 1.807) is 13.3 Å². The zero-order valence-corrected chi connectivity index (χ0v) is 16.3. The van der Waals surface area contributed by atoms with Crippen LogP contribution in [0.4, 0.5) is 10.1 Å². The third-order valence-electron chi connectivity index (χ3n) is 5.64. The monoisotopic (exact) mass is 397 g/mol. The van der Waals surface area contributed by atoms with Crippen molar-refractivity contribution in [1.82, 2.24) is 14.8 Å². The number of alkyl halides is 1. The molecule has 0 saturated carbocycles. The van der Waals surface area contributed by atoms with E-state index in [2.05, 4.69) is 15.2 Å². The van der Waals surface area contributed by atoms with Crippen molar-refractivity contribution in [2.45, 2.75) is 31.1 Å². The molecule has 4 rings (SSSR count). The smallest absolute Gasteiger partial charge is 0.237 e. The molecule has 7 nitrogen and oxygen atoms in total. The largest absolute Gasteiger partial charge is 0.497 e. The molecule has 2 saturated heterocycles. The molecular weight excluding hydrogens is 373 g/mol. The summed E-state index contributed by atoms with van der Waals surface area (Å²) in [6, 6.07) is 9.35. The molecule has 0 bridgehead atoms. The SMILES string of the molecule is COc1cc(N[C@H]2CCN(CC(=O)N3C[C@@H](F)CC3C#N)C2)c2cccnc2c1. The van der Waals surface area contributed by atoms with Crippen LogP contribution in [0.5, 0.6) is 5.75 Å². The summed E-state index contributed by atoms with van der Waals surface area (Å²) in [6.45, 7) is 1.71. The quantitative estimate of drug-likeness (QED) is 0.833. The number of nitrogens with one attached hydrogen (secondary N) is 1. The Hall–Kier alpha value is -2.92. The number of carbonyl (C=O) groups is 1. The van der Waals surface area contributed by atoms with E-state index in [0.29, 0.717) is 6.54 Å². The summed E-state index contributed by atoms with van der Waals surface area (Å²) in [4.78, 5) is 20.4. The standard InChI is InChI=1S/C21H24FN5O2/c1-29-17-8-19-18(3-2-5-24-19)20(9-17)25-15-4-6-26(12-15)13-21(28)27-11-14(22)7-16(27)10-23/h2-3,5,8-9,14-16,25H,4,6-7,11-13H2,1H3/t14-,15-,16?/m0/s1. The number of anilines is 1. The van der Waals surface area contributed by atoms with Gasteiger partial charge in [-0.2, -0.15) is 5.26 Å². The van der Waals surface area contributed by atoms with Crippen molar-refractivity contribution < 1.29 is 13.9 Å². The Morgan fingerprint density at radius 1 is 1.45 bits per heavy atom. The zero-order valence-electron chi connectivity index (χ0n) is 16.3. The number of ether oxygens (including phenoxy) is 1. The second-order valence-corrected chi connectivity index (χ2v) is 7.63. The van der Waals surface area contributed by atoms with Gasteiger partial charge in [0.05, 0.1) is 31.8 Å². The van der Waals surface area contributed by atoms with Gasteiger partial charge in [-0.15, -0.1) is 0 Å². The number of aromatic nitrogens is 1. The number of benzene rings is 1. The third-order valence-corrected chi connectivity index (χ3v) is 5.64. The summed E-state index contributed by atoms with van der Waals surface area (Å²) in [7, 11) is 1.63. The Balaban J connectivity index is 1.40. The van der Waals surface area contributed by atoms with Crippen LogP contribution in [-0.2, 0) is 4.79 Å². The Morgan fingerprint density at radius 3 is 3.10 bits per heavy atom. The number of nitriles is 1. The van der Waals surface area contributed by atoms with Crippen LogP contribution in [0.15, 0.2) is 30.5 Å². The number of fused-ring (bicyclic) bond motifs is 1. The number of halogens is 1. The van der Waals surface area contributed by atoms with Crippen molar-refractivity contribution in [1.29, 1.82) is 5.26 Å². The first kappa shape index (κ1) is 19.4. The number of pyridine rings is 1. The fourth-order valence-electron chi connectivity index (χ4n) is 4.17. The van der Waals surface area contributed by atoms with Crippen molar-refractivity contribution >= 4 is 22.5 Å². The maximum absolute atomic E-state index is 13.6. The maximum Gasteiger partial charge on any atom is 0.237 e. The van der Waals surface area contributed by atoms with Crippen LogP contribution in [0.3, 0.4) is 0 Å². The molecule has 0 aliphatic carbocycles. The Labute approximate surface area is 169 Å². The van der Waals surface area contributed by atoms with E-state index >= 15 is 0 Å². The van der Waals surface area contributed by atoms with E-state index in [-0.39, 0.29) is 31.5 Å². The summed E-state index contributed by atoms with van der Waals surface area (Å²) >= 11 is 0. The van der Waals surface area contributed by atoms with Gasteiger partial charge in [0.1, 0.15) is 18.0 Å². The lowest BCUT2D eigenvalue weighted by Crippen LogP contribution is -2.42. The molecule has 2 aliphatic heterocycles. The van der Waals surface area contributed by atoms with E-state index in [1.807, 2.05) is 30.3 Å². The van der Waals surface area contributed by atoms with Crippen LogP contribution in [0.1, 0.15) is 12.8 Å². The lowest BCUT2D eigenvalue weighted by atomic mass is 10.1. The summed E-state index contributed by atoms with van der Waals surface area (Å²) in [5, 5.41) is 13.7. The van der Waals surface area contributed by atoms with Crippen LogP contribution >= 0.6 is 0 Å². The van der Waals surface area contributed by atoms with Gasteiger partial charge in [0.15, 0.2) is 0 Å². The van der Waals surface area contributed by atoms with Crippen LogP contribution in [0, 0.1) is 11.3 Å². The second kappa shape index (κ2) is 8.21.